The van der Waals surface area contributed by atoms with Gasteiger partial charge in [-0.25, -0.2) is 0 Å². The summed E-state index contributed by atoms with van der Waals surface area (Å²) < 4.78 is 5.25. The van der Waals surface area contributed by atoms with E-state index in [4.69, 9.17) is 4.74 Å². The third kappa shape index (κ3) is 2.22. The van der Waals surface area contributed by atoms with Gasteiger partial charge in [0.05, 0.1) is 7.11 Å². The van der Waals surface area contributed by atoms with Crippen LogP contribution in [0.1, 0.15) is 9.75 Å². The Morgan fingerprint density at radius 3 is 2.92 bits per heavy atom. The molecule has 1 N–H and O–H groups in total. The lowest BCUT2D eigenvalue weighted by molar-refractivity contribution is 0.412. The summed E-state index contributed by atoms with van der Waals surface area (Å²) in [5.41, 5.74) is 0. The quantitative estimate of drug-likeness (QED) is 0.772. The summed E-state index contributed by atoms with van der Waals surface area (Å²) >= 11 is 1.81. The number of ether oxygens (including phenoxy) is 1. The van der Waals surface area contributed by atoms with Gasteiger partial charge in [0.1, 0.15) is 5.75 Å². The highest BCUT2D eigenvalue weighted by Gasteiger charge is 2.05. The summed E-state index contributed by atoms with van der Waals surface area (Å²) in [7, 11) is 3.69. The molecule has 1 rings (SSSR count). The molecule has 2 nitrogen and oxygen atoms in total. The van der Waals surface area contributed by atoms with Crippen molar-refractivity contribution in [3.05, 3.63) is 15.8 Å². The molecule has 0 aromatic carbocycles. The predicted molar refractivity (Wildman–Crippen MR) is 53.2 cm³/mol. The molecule has 0 atom stereocenters. The lowest BCUT2D eigenvalue weighted by Gasteiger charge is -2.00. The minimum atomic E-state index is 1.01. The lowest BCUT2D eigenvalue weighted by Crippen LogP contribution is -2.09. The van der Waals surface area contributed by atoms with Gasteiger partial charge in [0.2, 0.25) is 0 Å². The summed E-state index contributed by atoms with van der Waals surface area (Å²) in [6, 6.07) is 2.09. The predicted octanol–water partition coefficient (Wildman–Crippen LogP) is 1.83. The molecule has 3 heteroatoms. The Kier molecular flexibility index (Phi) is 3.56. The van der Waals surface area contributed by atoms with Crippen LogP contribution in [0.5, 0.6) is 5.75 Å². The Labute approximate surface area is 77.6 Å². The van der Waals surface area contributed by atoms with Crippen LogP contribution in [0.25, 0.3) is 0 Å². The number of likely N-dealkylation sites (N-methyl/N-ethyl adjacent to an activating group) is 1. The molecule has 12 heavy (non-hydrogen) atoms. The largest absolute Gasteiger partial charge is 0.496 e. The highest BCUT2D eigenvalue weighted by molar-refractivity contribution is 7.12. The molecule has 0 fully saturated rings. The van der Waals surface area contributed by atoms with Crippen molar-refractivity contribution in [2.45, 2.75) is 13.3 Å². The first-order valence-corrected chi connectivity index (χ1v) is 4.87. The molecular weight excluding hydrogens is 170 g/mol. The monoisotopic (exact) mass is 185 g/mol. The Morgan fingerprint density at radius 2 is 2.33 bits per heavy atom. The molecule has 0 aliphatic carbocycles. The molecule has 1 aromatic heterocycles. The van der Waals surface area contributed by atoms with E-state index in [1.54, 1.807) is 7.11 Å². The zero-order chi connectivity index (χ0) is 8.97. The summed E-state index contributed by atoms with van der Waals surface area (Å²) in [5.74, 6) is 1.03. The minimum Gasteiger partial charge on any atom is -0.496 e. The van der Waals surface area contributed by atoms with Gasteiger partial charge in [0, 0.05) is 9.75 Å². The highest BCUT2D eigenvalue weighted by atomic mass is 32.1. The highest BCUT2D eigenvalue weighted by Crippen LogP contribution is 2.28. The van der Waals surface area contributed by atoms with Gasteiger partial charge in [-0.3, -0.25) is 0 Å². The maximum atomic E-state index is 5.25. The first kappa shape index (κ1) is 9.55. The summed E-state index contributed by atoms with van der Waals surface area (Å²) in [4.78, 5) is 2.65. The van der Waals surface area contributed by atoms with Crippen molar-refractivity contribution in [2.75, 3.05) is 20.7 Å². The van der Waals surface area contributed by atoms with Crippen LogP contribution in [0.2, 0.25) is 0 Å². The van der Waals surface area contributed by atoms with E-state index in [9.17, 15) is 0 Å². The second-order valence-corrected chi connectivity index (χ2v) is 4.04. The SMILES string of the molecule is CNCCc1sc(C)cc1OC. The van der Waals surface area contributed by atoms with Gasteiger partial charge < -0.3 is 10.1 Å². The van der Waals surface area contributed by atoms with E-state index in [2.05, 4.69) is 18.3 Å². The summed E-state index contributed by atoms with van der Waals surface area (Å²) in [5, 5.41) is 3.13. The molecule has 1 heterocycles. The fraction of sp³-hybridized carbons (Fsp3) is 0.556. The zero-order valence-corrected chi connectivity index (χ0v) is 8.62. The number of nitrogens with one attached hydrogen (secondary N) is 1. The summed E-state index contributed by atoms with van der Waals surface area (Å²) in [6.45, 7) is 3.12. The van der Waals surface area contributed by atoms with Gasteiger partial charge in [0.25, 0.3) is 0 Å². The second kappa shape index (κ2) is 4.48. The summed E-state index contributed by atoms with van der Waals surface area (Å²) in [6.07, 6.45) is 1.05. The molecule has 0 aliphatic heterocycles. The number of thiophene rings is 1. The molecule has 1 aromatic rings. The van der Waals surface area contributed by atoms with Crippen molar-refractivity contribution in [1.29, 1.82) is 0 Å². The van der Waals surface area contributed by atoms with E-state index in [0.29, 0.717) is 0 Å². The molecule has 0 aliphatic rings. The fourth-order valence-corrected chi connectivity index (χ4v) is 2.13. The Balaban J connectivity index is 2.68. The smallest absolute Gasteiger partial charge is 0.133 e. The number of aryl methyl sites for hydroxylation is 1. The lowest BCUT2D eigenvalue weighted by atomic mass is 10.3. The average molecular weight is 185 g/mol. The molecule has 0 amide bonds. The van der Waals surface area contributed by atoms with E-state index >= 15 is 0 Å². The minimum absolute atomic E-state index is 1.01. The molecule has 0 bridgehead atoms. The number of methoxy groups -OCH3 is 1. The maximum absolute atomic E-state index is 5.25. The van der Waals surface area contributed by atoms with Gasteiger partial charge in [-0.2, -0.15) is 0 Å². The molecule has 68 valence electrons. The van der Waals surface area contributed by atoms with E-state index in [1.165, 1.54) is 9.75 Å². The third-order valence-electron chi connectivity index (χ3n) is 1.72. The van der Waals surface area contributed by atoms with E-state index in [-0.39, 0.29) is 0 Å². The van der Waals surface area contributed by atoms with Crippen LogP contribution in [-0.2, 0) is 6.42 Å². The normalized spacial score (nSPS) is 10.2. The molecule has 0 saturated heterocycles. The Bertz CT molecular complexity index is 245. The van der Waals surface area contributed by atoms with Crippen molar-refractivity contribution in [3.63, 3.8) is 0 Å². The van der Waals surface area contributed by atoms with Crippen molar-refractivity contribution < 1.29 is 4.74 Å². The van der Waals surface area contributed by atoms with Crippen LogP contribution in [0.3, 0.4) is 0 Å². The van der Waals surface area contributed by atoms with Crippen LogP contribution in [0.15, 0.2) is 6.07 Å². The van der Waals surface area contributed by atoms with Gasteiger partial charge in [-0.1, -0.05) is 0 Å². The fourth-order valence-electron chi connectivity index (χ4n) is 1.12. The Morgan fingerprint density at radius 1 is 1.58 bits per heavy atom. The van der Waals surface area contributed by atoms with Crippen LogP contribution in [0.4, 0.5) is 0 Å². The first-order valence-electron chi connectivity index (χ1n) is 4.06. The second-order valence-electron chi connectivity index (χ2n) is 2.70. The van der Waals surface area contributed by atoms with Gasteiger partial charge in [-0.05, 0) is 33.0 Å². The van der Waals surface area contributed by atoms with Crippen LogP contribution < -0.4 is 10.1 Å². The molecule has 0 spiro atoms. The van der Waals surface area contributed by atoms with Crippen molar-refractivity contribution >= 4 is 11.3 Å². The maximum Gasteiger partial charge on any atom is 0.133 e. The average Bonchev–Trinajstić information content (AvgIpc) is 2.42. The Hall–Kier alpha value is -0.540. The van der Waals surface area contributed by atoms with Crippen molar-refractivity contribution in [1.82, 2.24) is 5.32 Å². The van der Waals surface area contributed by atoms with Gasteiger partial charge in [-0.15, -0.1) is 11.3 Å². The number of rotatable bonds is 4. The third-order valence-corrected chi connectivity index (χ3v) is 2.81. The van der Waals surface area contributed by atoms with Crippen LogP contribution in [-0.4, -0.2) is 20.7 Å². The van der Waals surface area contributed by atoms with Crippen LogP contribution in [0, 0.1) is 6.92 Å². The zero-order valence-electron chi connectivity index (χ0n) is 7.81. The van der Waals surface area contributed by atoms with E-state index in [0.717, 1.165) is 18.7 Å². The number of hydrogen-bond donors (Lipinski definition) is 1. The molecule has 0 radical (unpaired) electrons. The van der Waals surface area contributed by atoms with Crippen molar-refractivity contribution in [2.24, 2.45) is 0 Å². The topological polar surface area (TPSA) is 21.3 Å². The van der Waals surface area contributed by atoms with E-state index < -0.39 is 0 Å². The van der Waals surface area contributed by atoms with E-state index in [1.807, 2.05) is 18.4 Å². The van der Waals surface area contributed by atoms with Crippen molar-refractivity contribution in [3.8, 4) is 5.75 Å². The molecular formula is C9H15NOS. The van der Waals surface area contributed by atoms with Gasteiger partial charge >= 0.3 is 0 Å². The number of hydrogen-bond acceptors (Lipinski definition) is 3. The first-order chi connectivity index (χ1) is 5.77. The van der Waals surface area contributed by atoms with Crippen LogP contribution >= 0.6 is 11.3 Å². The molecule has 0 saturated carbocycles. The van der Waals surface area contributed by atoms with Gasteiger partial charge in [0.15, 0.2) is 0 Å². The standard InChI is InChI=1S/C9H15NOS/c1-7-6-8(11-3)9(12-7)4-5-10-2/h6,10H,4-5H2,1-3H3. The molecule has 0 unspecified atom stereocenters.